The molecule has 0 amide bonds. The van der Waals surface area contributed by atoms with Gasteiger partial charge in [0.25, 0.3) is 0 Å². The minimum Gasteiger partial charge on any atom is -0.493 e. The highest BCUT2D eigenvalue weighted by Crippen LogP contribution is 2.50. The van der Waals surface area contributed by atoms with Crippen molar-refractivity contribution in [3.05, 3.63) is 45.6 Å². The summed E-state index contributed by atoms with van der Waals surface area (Å²) in [6.07, 6.45) is 1.45. The second-order valence-electron chi connectivity index (χ2n) is 6.74. The molecular formula is C21H21N3O6. The lowest BCUT2D eigenvalue weighted by Gasteiger charge is -2.23. The van der Waals surface area contributed by atoms with Crippen LogP contribution in [-0.4, -0.2) is 43.6 Å². The number of nitrogens with one attached hydrogen (secondary N) is 1. The molecule has 0 fully saturated rings. The minimum atomic E-state index is -0.466. The van der Waals surface area contributed by atoms with Gasteiger partial charge < -0.3 is 18.9 Å². The number of ether oxygens (including phenoxy) is 4. The zero-order chi connectivity index (χ0) is 21.4. The first-order valence-corrected chi connectivity index (χ1v) is 9.26. The Kier molecular flexibility index (Phi) is 4.94. The predicted octanol–water partition coefficient (Wildman–Crippen LogP) is 3.78. The first-order valence-electron chi connectivity index (χ1n) is 9.26. The number of benzene rings is 2. The summed E-state index contributed by atoms with van der Waals surface area (Å²) in [4.78, 5) is 11.0. The summed E-state index contributed by atoms with van der Waals surface area (Å²) < 4.78 is 21.8. The van der Waals surface area contributed by atoms with Crippen molar-refractivity contribution in [2.45, 2.75) is 12.8 Å². The molecule has 0 radical (unpaired) electrons. The monoisotopic (exact) mass is 411 g/mol. The van der Waals surface area contributed by atoms with Gasteiger partial charge in [-0.2, -0.15) is 5.10 Å². The lowest BCUT2D eigenvalue weighted by atomic mass is 9.86. The number of aromatic amines is 1. The molecule has 9 nitrogen and oxygen atoms in total. The van der Waals surface area contributed by atoms with Crippen LogP contribution in [0.3, 0.4) is 0 Å². The van der Waals surface area contributed by atoms with Gasteiger partial charge >= 0.3 is 5.69 Å². The fourth-order valence-corrected chi connectivity index (χ4v) is 3.98. The highest BCUT2D eigenvalue weighted by Gasteiger charge is 2.30. The molecule has 9 heteroatoms. The van der Waals surface area contributed by atoms with E-state index in [1.54, 1.807) is 33.5 Å². The minimum absolute atomic E-state index is 0.118. The van der Waals surface area contributed by atoms with Crippen molar-refractivity contribution in [1.29, 1.82) is 0 Å². The Morgan fingerprint density at radius 2 is 1.70 bits per heavy atom. The normalized spacial score (nSPS) is 12.0. The summed E-state index contributed by atoms with van der Waals surface area (Å²) in [6, 6.07) is 6.70. The van der Waals surface area contributed by atoms with Crippen molar-refractivity contribution in [2.75, 3.05) is 28.4 Å². The van der Waals surface area contributed by atoms with E-state index in [1.807, 2.05) is 6.07 Å². The number of methoxy groups -OCH3 is 4. The molecule has 3 aromatic rings. The van der Waals surface area contributed by atoms with Crippen LogP contribution in [0.1, 0.15) is 11.3 Å². The van der Waals surface area contributed by atoms with E-state index in [0.29, 0.717) is 28.5 Å². The molecule has 1 aliphatic rings. The Morgan fingerprint density at radius 1 is 0.967 bits per heavy atom. The lowest BCUT2D eigenvalue weighted by Crippen LogP contribution is -2.08. The zero-order valence-corrected chi connectivity index (χ0v) is 17.1. The first kappa shape index (κ1) is 19.6. The molecule has 0 aliphatic heterocycles. The molecule has 4 rings (SSSR count). The quantitative estimate of drug-likeness (QED) is 0.485. The van der Waals surface area contributed by atoms with Crippen LogP contribution in [0.2, 0.25) is 0 Å². The van der Waals surface area contributed by atoms with Gasteiger partial charge in [-0.1, -0.05) is 0 Å². The molecule has 0 atom stereocenters. The number of H-pyrrole nitrogens is 1. The van der Waals surface area contributed by atoms with Crippen molar-refractivity contribution >= 4 is 5.69 Å². The van der Waals surface area contributed by atoms with Crippen LogP contribution in [0.15, 0.2) is 24.3 Å². The van der Waals surface area contributed by atoms with Crippen molar-refractivity contribution in [2.24, 2.45) is 0 Å². The number of hydrogen-bond acceptors (Lipinski definition) is 7. The van der Waals surface area contributed by atoms with Crippen LogP contribution in [-0.2, 0) is 12.8 Å². The standard InChI is InChI=1S/C21H21N3O6/c1-27-16-8-5-11(9-15(16)24(25)26)19-18-13-10-17(28-2)21(30-4)20(29-3)12(13)6-7-14(18)22-23-19/h5,8-10H,6-7H2,1-4H3,(H,22,23). The predicted molar refractivity (Wildman–Crippen MR) is 110 cm³/mol. The third kappa shape index (κ3) is 2.90. The Hall–Kier alpha value is -3.75. The number of nitrogens with zero attached hydrogens (tertiary/aromatic N) is 2. The number of nitro benzene ring substituents is 1. The second-order valence-corrected chi connectivity index (χ2v) is 6.74. The highest BCUT2D eigenvalue weighted by molar-refractivity contribution is 5.89. The van der Waals surface area contributed by atoms with Gasteiger partial charge in [-0.05, 0) is 36.6 Å². The topological polar surface area (TPSA) is 109 Å². The van der Waals surface area contributed by atoms with E-state index in [0.717, 1.165) is 35.2 Å². The SMILES string of the molecule is COc1ccc(-c2n[nH]c3c2-c2cc(OC)c(OC)c(OC)c2CC3)cc1[N+](=O)[O-]. The third-order valence-electron chi connectivity index (χ3n) is 5.32. The number of aromatic nitrogens is 2. The maximum absolute atomic E-state index is 11.5. The van der Waals surface area contributed by atoms with Gasteiger partial charge in [0.05, 0.1) is 33.4 Å². The first-order chi connectivity index (χ1) is 14.5. The van der Waals surface area contributed by atoms with E-state index >= 15 is 0 Å². The molecule has 0 bridgehead atoms. The summed E-state index contributed by atoms with van der Waals surface area (Å²) in [5.41, 5.74) is 4.81. The van der Waals surface area contributed by atoms with E-state index in [9.17, 15) is 10.1 Å². The van der Waals surface area contributed by atoms with Gasteiger partial charge in [-0.3, -0.25) is 15.2 Å². The summed E-state index contributed by atoms with van der Waals surface area (Å²) in [7, 11) is 6.13. The van der Waals surface area contributed by atoms with Crippen molar-refractivity contribution in [1.82, 2.24) is 10.2 Å². The summed E-state index contributed by atoms with van der Waals surface area (Å²) >= 11 is 0. The lowest BCUT2D eigenvalue weighted by molar-refractivity contribution is -0.385. The number of nitro groups is 1. The average molecular weight is 411 g/mol. The second kappa shape index (κ2) is 7.58. The molecule has 1 aliphatic carbocycles. The molecule has 1 heterocycles. The van der Waals surface area contributed by atoms with Crippen molar-refractivity contribution < 1.29 is 23.9 Å². The van der Waals surface area contributed by atoms with Crippen LogP contribution in [0.5, 0.6) is 23.0 Å². The Morgan fingerprint density at radius 3 is 2.33 bits per heavy atom. The van der Waals surface area contributed by atoms with E-state index in [4.69, 9.17) is 18.9 Å². The Labute approximate surface area is 172 Å². The van der Waals surface area contributed by atoms with Crippen molar-refractivity contribution in [3.63, 3.8) is 0 Å². The number of rotatable bonds is 6. The fraction of sp³-hybridized carbons (Fsp3) is 0.286. The van der Waals surface area contributed by atoms with E-state index in [-0.39, 0.29) is 11.4 Å². The molecule has 30 heavy (non-hydrogen) atoms. The average Bonchev–Trinajstić information content (AvgIpc) is 3.21. The summed E-state index contributed by atoms with van der Waals surface area (Å²) in [5, 5.41) is 19.0. The molecule has 156 valence electrons. The van der Waals surface area contributed by atoms with Crippen LogP contribution < -0.4 is 18.9 Å². The maximum atomic E-state index is 11.5. The molecule has 1 aromatic heterocycles. The fourth-order valence-electron chi connectivity index (χ4n) is 3.98. The molecule has 0 saturated heterocycles. The van der Waals surface area contributed by atoms with Crippen LogP contribution in [0.4, 0.5) is 5.69 Å². The molecule has 0 saturated carbocycles. The van der Waals surface area contributed by atoms with Gasteiger partial charge in [0.15, 0.2) is 17.2 Å². The molecule has 0 spiro atoms. The van der Waals surface area contributed by atoms with Crippen LogP contribution in [0.25, 0.3) is 22.4 Å². The molecular weight excluding hydrogens is 390 g/mol. The molecule has 0 unspecified atom stereocenters. The molecule has 2 aromatic carbocycles. The number of aryl methyl sites for hydroxylation is 1. The van der Waals surface area contributed by atoms with Crippen LogP contribution in [0, 0.1) is 10.1 Å². The smallest absolute Gasteiger partial charge is 0.311 e. The van der Waals surface area contributed by atoms with E-state index in [2.05, 4.69) is 10.2 Å². The van der Waals surface area contributed by atoms with Gasteiger partial charge in [0.1, 0.15) is 5.69 Å². The van der Waals surface area contributed by atoms with Gasteiger partial charge in [0.2, 0.25) is 5.75 Å². The van der Waals surface area contributed by atoms with Gasteiger partial charge in [-0.15, -0.1) is 0 Å². The van der Waals surface area contributed by atoms with Gasteiger partial charge in [0, 0.05) is 28.5 Å². The Balaban J connectivity index is 1.96. The summed E-state index contributed by atoms with van der Waals surface area (Å²) in [5.74, 6) is 1.88. The maximum Gasteiger partial charge on any atom is 0.311 e. The molecule has 1 N–H and O–H groups in total. The highest BCUT2D eigenvalue weighted by atomic mass is 16.6. The zero-order valence-electron chi connectivity index (χ0n) is 17.1. The van der Waals surface area contributed by atoms with E-state index < -0.39 is 4.92 Å². The third-order valence-corrected chi connectivity index (χ3v) is 5.32. The largest absolute Gasteiger partial charge is 0.493 e. The summed E-state index contributed by atoms with van der Waals surface area (Å²) in [6.45, 7) is 0. The van der Waals surface area contributed by atoms with E-state index in [1.165, 1.54) is 13.2 Å². The van der Waals surface area contributed by atoms with Crippen molar-refractivity contribution in [3.8, 4) is 45.4 Å². The number of fused-ring (bicyclic) bond motifs is 3. The Bertz CT molecular complexity index is 1140. The van der Waals surface area contributed by atoms with Crippen LogP contribution >= 0.6 is 0 Å². The van der Waals surface area contributed by atoms with Gasteiger partial charge in [-0.25, -0.2) is 0 Å². The number of hydrogen-bond donors (Lipinski definition) is 1.